The number of carbonyl (C=O) groups is 10. The molecule has 0 aliphatic heterocycles. The molecule has 0 radical (unpaired) electrons. The number of ether oxygens (including phenoxy) is 6. The van der Waals surface area contributed by atoms with Gasteiger partial charge in [-0.25, -0.2) is 4.79 Å². The van der Waals surface area contributed by atoms with E-state index < -0.39 is 77.6 Å². The summed E-state index contributed by atoms with van der Waals surface area (Å²) < 4.78 is 34.8. The fraction of sp³-hybridized carbons (Fsp3) is 0.763. The Labute approximate surface area is 570 Å². The van der Waals surface area contributed by atoms with Crippen LogP contribution < -0.4 is 17.3 Å². The molecule has 19 heteroatoms. The van der Waals surface area contributed by atoms with Crippen molar-refractivity contribution in [1.29, 1.82) is 0 Å². The van der Waals surface area contributed by atoms with Crippen LogP contribution in [0.1, 0.15) is 174 Å². The maximum Gasteiger partial charge on any atom is 0.361 e. The van der Waals surface area contributed by atoms with Gasteiger partial charge in [0.25, 0.3) is 0 Å². The van der Waals surface area contributed by atoms with Crippen molar-refractivity contribution >= 4 is 58.9 Å². The molecule has 10 aliphatic carbocycles. The van der Waals surface area contributed by atoms with Crippen molar-refractivity contribution in [3.05, 3.63) is 48.6 Å². The van der Waals surface area contributed by atoms with Gasteiger partial charge in [-0.05, 0) is 181 Å². The third kappa shape index (κ3) is 12.5. The lowest BCUT2D eigenvalue weighted by molar-refractivity contribution is -0.850. The molecule has 528 valence electrons. The van der Waals surface area contributed by atoms with Crippen LogP contribution in [-0.2, 0) is 76.4 Å². The van der Waals surface area contributed by atoms with Crippen LogP contribution in [0.2, 0.25) is 0 Å². The SMILES string of the molecule is C=C(C(=O)[C@H](OC(C)=O)[C@@H](C)[C@H]1[C@@H](OC(C)=O)C[C@@]2(C)C3CCC4[C@H](C)C(=O)C=C[C@@]45C[C@@]35CC[C@]12C)[C@@H](C)COC(=O)CN(C)C.C=C(C(=O)[C@H](OC(C)=O)[C@@H](C)[C@H]1[C@@H](OC(C)=O)C[C@@]2(C)C3CCC4[C@H](C)C(=O)C=C[C@@]45C[C@@]35CC[C@]12C)[C@@H](C)COC(=O)C[NH+](C)C.[Cl-]. The molecule has 4 spiro atoms. The van der Waals surface area contributed by atoms with Crippen molar-refractivity contribution in [2.45, 2.75) is 198 Å². The Balaban J connectivity index is 0.000000241. The zero-order chi connectivity index (χ0) is 69.7. The Bertz CT molecular complexity index is 2980. The molecule has 0 aromatic rings. The number of esters is 6. The molecule has 95 heavy (non-hydrogen) atoms. The van der Waals surface area contributed by atoms with E-state index in [2.05, 4.69) is 66.9 Å². The fourth-order valence-electron chi connectivity index (χ4n) is 23.0. The van der Waals surface area contributed by atoms with E-state index in [1.165, 1.54) is 27.7 Å². The highest BCUT2D eigenvalue weighted by atomic mass is 35.5. The van der Waals surface area contributed by atoms with E-state index in [4.69, 9.17) is 28.4 Å². The van der Waals surface area contributed by atoms with Gasteiger partial charge in [0.05, 0.1) is 33.9 Å². The van der Waals surface area contributed by atoms with E-state index in [1.54, 1.807) is 32.8 Å². The second kappa shape index (κ2) is 27.1. The molecule has 0 aromatic carbocycles. The lowest BCUT2D eigenvalue weighted by atomic mass is 9.43. The molecule has 24 atom stereocenters. The van der Waals surface area contributed by atoms with E-state index in [-0.39, 0.29) is 146 Å². The van der Waals surface area contributed by atoms with Crippen LogP contribution in [0.4, 0.5) is 0 Å². The maximum absolute atomic E-state index is 14.1. The quantitative estimate of drug-likeness (QED) is 0.0712. The van der Waals surface area contributed by atoms with Crippen molar-refractivity contribution in [1.82, 2.24) is 4.90 Å². The summed E-state index contributed by atoms with van der Waals surface area (Å²) in [6.45, 7) is 34.8. The molecule has 4 unspecified atom stereocenters. The minimum absolute atomic E-state index is 0. The highest BCUT2D eigenvalue weighted by Gasteiger charge is 2.84. The van der Waals surface area contributed by atoms with Gasteiger partial charge in [-0.3, -0.25) is 48.1 Å². The van der Waals surface area contributed by atoms with E-state index in [0.29, 0.717) is 36.5 Å². The summed E-state index contributed by atoms with van der Waals surface area (Å²) in [5.41, 5.74) is -0.228. The lowest BCUT2D eigenvalue weighted by Gasteiger charge is -2.61. The van der Waals surface area contributed by atoms with Gasteiger partial charge in [0.2, 0.25) is 0 Å². The molecule has 10 aliphatic rings. The Morgan fingerprint density at radius 2 is 0.937 bits per heavy atom. The number of rotatable bonds is 22. The number of allylic oxidation sites excluding steroid dienone is 4. The molecule has 0 saturated heterocycles. The van der Waals surface area contributed by atoms with Crippen molar-refractivity contribution in [2.24, 2.45) is 114 Å². The third-order valence-corrected chi connectivity index (χ3v) is 27.6. The van der Waals surface area contributed by atoms with Gasteiger partial charge in [-0.1, -0.05) is 94.5 Å². The standard InChI is InChI=1S/2C38H55NO8.ClH/c2*1-21(19-45-31(43)18-39(9)10)22(2)33(44)34(47-26(6)41)24(4)32-29(46-25(5)40)17-36(8)30-12-11-27-23(3)28(42)13-14-37(27)20-38(30,37)16-15-35(32,36)7;/h2*13-14,21,23-24,27,29-30,32,34H,2,11-12,15-20H2,1,3-10H3;1H/t2*21-,23-,24-,27?,29-,30?,32-,34+,35+,36-,37+,38-;/m00./s1. The van der Waals surface area contributed by atoms with Crippen molar-refractivity contribution in [2.75, 3.05) is 54.5 Å². The summed E-state index contributed by atoms with van der Waals surface area (Å²) >= 11 is 0. The first-order valence-electron chi connectivity index (χ1n) is 35.1. The molecular weight excluding hydrogens is 1230 g/mol. The van der Waals surface area contributed by atoms with Gasteiger partial charge in [0.1, 0.15) is 12.2 Å². The van der Waals surface area contributed by atoms with Gasteiger partial charge in [-0.15, -0.1) is 0 Å². The minimum Gasteiger partial charge on any atom is -1.00 e. The van der Waals surface area contributed by atoms with Crippen LogP contribution >= 0.6 is 0 Å². The number of ketones is 4. The number of hydrogen-bond acceptors (Lipinski definition) is 17. The largest absolute Gasteiger partial charge is 1.00 e. The lowest BCUT2D eigenvalue weighted by Crippen LogP contribution is -3.06. The van der Waals surface area contributed by atoms with Crippen LogP contribution in [-0.4, -0.2) is 143 Å². The van der Waals surface area contributed by atoms with Crippen LogP contribution in [0.3, 0.4) is 0 Å². The number of carbonyl (C=O) groups excluding carboxylic acids is 10. The summed E-state index contributed by atoms with van der Waals surface area (Å²) in [6.07, 6.45) is 16.4. The molecule has 0 heterocycles. The first-order chi connectivity index (χ1) is 43.7. The second-order valence-corrected chi connectivity index (χ2v) is 33.0. The molecule has 18 nitrogen and oxygen atoms in total. The van der Waals surface area contributed by atoms with Gasteiger partial charge in [0.15, 0.2) is 41.9 Å². The zero-order valence-corrected chi connectivity index (χ0v) is 60.9. The molecule has 0 bridgehead atoms. The minimum atomic E-state index is -1.13. The van der Waals surface area contributed by atoms with Crippen molar-refractivity contribution in [3.63, 3.8) is 0 Å². The monoisotopic (exact) mass is 1340 g/mol. The predicted octanol–water partition coefficient (Wildman–Crippen LogP) is 6.30. The molecule has 0 aromatic heterocycles. The zero-order valence-electron chi connectivity index (χ0n) is 60.1. The summed E-state index contributed by atoms with van der Waals surface area (Å²) in [6, 6.07) is 0. The first-order valence-corrected chi connectivity index (χ1v) is 35.1. The molecule has 0 amide bonds. The van der Waals surface area contributed by atoms with Crippen LogP contribution in [0.25, 0.3) is 0 Å². The smallest absolute Gasteiger partial charge is 0.361 e. The number of likely N-dealkylation sites (N-methyl/N-ethyl adjacent to an activating group) is 2. The Morgan fingerprint density at radius 1 is 0.568 bits per heavy atom. The van der Waals surface area contributed by atoms with Gasteiger partial charge in [0, 0.05) is 75.0 Å². The van der Waals surface area contributed by atoms with E-state index in [0.717, 1.165) is 69.1 Å². The van der Waals surface area contributed by atoms with Gasteiger partial charge >= 0.3 is 35.8 Å². The Hall–Kier alpha value is -5.33. The number of quaternary nitrogens is 1. The molecule has 8 saturated carbocycles. The average molecular weight is 1340 g/mol. The Kier molecular flexibility index (Phi) is 21.5. The van der Waals surface area contributed by atoms with Crippen molar-refractivity contribution in [3.8, 4) is 0 Å². The van der Waals surface area contributed by atoms with Crippen molar-refractivity contribution < 1.29 is 93.7 Å². The maximum atomic E-state index is 14.1. The van der Waals surface area contributed by atoms with Gasteiger partial charge in [-0.2, -0.15) is 0 Å². The number of nitrogens with zero attached hydrogens (tertiary/aromatic N) is 1. The highest BCUT2D eigenvalue weighted by molar-refractivity contribution is 6.01. The number of nitrogens with one attached hydrogen (secondary N) is 1. The van der Waals surface area contributed by atoms with E-state index >= 15 is 0 Å². The fourth-order valence-corrected chi connectivity index (χ4v) is 23.0. The summed E-state index contributed by atoms with van der Waals surface area (Å²) in [5.74, 6) is -3.82. The highest BCUT2D eigenvalue weighted by Crippen LogP contribution is 2.89. The molecular formula is C76H111ClN2O16. The first kappa shape index (κ1) is 75.4. The molecule has 8 fully saturated rings. The second-order valence-electron chi connectivity index (χ2n) is 33.0. The number of halogens is 1. The molecule has 10 rings (SSSR count). The van der Waals surface area contributed by atoms with Crippen LogP contribution in [0, 0.1) is 114 Å². The van der Waals surface area contributed by atoms with Crippen LogP contribution in [0.5, 0.6) is 0 Å². The summed E-state index contributed by atoms with van der Waals surface area (Å²) in [5, 5.41) is 0. The number of Topliss-reactive ketones (excluding diaryl/α,β-unsaturated/α-hetero) is 2. The topological polar surface area (TPSA) is 234 Å². The predicted molar refractivity (Wildman–Crippen MR) is 350 cm³/mol. The van der Waals surface area contributed by atoms with E-state index in [1.807, 2.05) is 40.1 Å². The summed E-state index contributed by atoms with van der Waals surface area (Å²) in [7, 11) is 7.24. The molecule has 1 N–H and O–H groups in total. The van der Waals surface area contributed by atoms with Gasteiger partial charge < -0.3 is 45.7 Å². The summed E-state index contributed by atoms with van der Waals surface area (Å²) in [4.78, 5) is 131. The average Bonchev–Trinajstić information content (AvgIpc) is 1.48. The Morgan fingerprint density at radius 3 is 1.27 bits per heavy atom. The third-order valence-electron chi connectivity index (χ3n) is 27.6. The van der Waals surface area contributed by atoms with Crippen LogP contribution in [0.15, 0.2) is 48.6 Å². The number of fused-ring (bicyclic) bond motifs is 4. The normalized spacial score (nSPS) is 39.7. The number of hydrogen-bond donors (Lipinski definition) is 1. The van der Waals surface area contributed by atoms with E-state index in [9.17, 15) is 47.9 Å².